The van der Waals surface area contributed by atoms with E-state index in [0.717, 1.165) is 54.1 Å². The van der Waals surface area contributed by atoms with Crippen LogP contribution in [0.2, 0.25) is 0 Å². The van der Waals surface area contributed by atoms with Crippen molar-refractivity contribution in [3.63, 3.8) is 0 Å². The lowest BCUT2D eigenvalue weighted by Crippen LogP contribution is -2.36. The molecule has 3 aromatic rings. The predicted octanol–water partition coefficient (Wildman–Crippen LogP) is 3.35. The van der Waals surface area contributed by atoms with Crippen LogP contribution in [-0.2, 0) is 9.53 Å². The number of fused-ring (bicyclic) bond motifs is 1. The summed E-state index contributed by atoms with van der Waals surface area (Å²) in [7, 11) is 1.93. The monoisotopic (exact) mass is 473 g/mol. The standard InChI is InChI=1S/C26H31N7O2/c1-17-5-4-6-19(13-17)18(2)29-30-22-14-20(32-9-11-35-12-10-32)24-25(28-22)33(16-27-24)21-15-26(21)8-7-23(34)31(26)3/h4-6,13-14,16,21H,7-12,15H2,1-3H3,(H,28,30)/b29-18+. The maximum atomic E-state index is 12.3. The molecule has 35 heavy (non-hydrogen) atoms. The number of hydrogen-bond donors (Lipinski definition) is 1. The molecule has 9 nitrogen and oxygen atoms in total. The number of aromatic nitrogens is 3. The molecule has 1 aliphatic carbocycles. The quantitative estimate of drug-likeness (QED) is 0.452. The first kappa shape index (κ1) is 22.0. The van der Waals surface area contributed by atoms with Gasteiger partial charge in [0, 0.05) is 32.6 Å². The van der Waals surface area contributed by atoms with Crippen molar-refractivity contribution in [2.24, 2.45) is 5.10 Å². The zero-order valence-corrected chi connectivity index (χ0v) is 20.5. The Labute approximate surface area is 204 Å². The molecule has 2 atom stereocenters. The zero-order chi connectivity index (χ0) is 24.2. The average molecular weight is 474 g/mol. The Balaban J connectivity index is 1.38. The van der Waals surface area contributed by atoms with Crippen LogP contribution in [0.4, 0.5) is 11.5 Å². The van der Waals surface area contributed by atoms with Crippen LogP contribution in [0.1, 0.15) is 43.4 Å². The third kappa shape index (κ3) is 3.74. The first-order chi connectivity index (χ1) is 17.0. The number of pyridine rings is 1. The SMILES string of the molecule is C/C(=N\Nc1cc(N2CCOCC2)c2ncn(C3CC34CCC(=O)N4C)c2n1)c1cccc(C)c1. The molecule has 2 aromatic heterocycles. The molecular weight excluding hydrogens is 442 g/mol. The van der Waals surface area contributed by atoms with Crippen molar-refractivity contribution in [1.82, 2.24) is 19.4 Å². The number of carbonyl (C=O) groups is 1. The number of rotatable bonds is 5. The van der Waals surface area contributed by atoms with Gasteiger partial charge in [-0.05, 0) is 32.3 Å². The van der Waals surface area contributed by atoms with Gasteiger partial charge in [0.05, 0.1) is 42.5 Å². The summed E-state index contributed by atoms with van der Waals surface area (Å²) in [4.78, 5) is 26.2. The van der Waals surface area contributed by atoms with Crippen molar-refractivity contribution in [2.75, 3.05) is 43.7 Å². The molecule has 2 unspecified atom stereocenters. The van der Waals surface area contributed by atoms with Gasteiger partial charge < -0.3 is 19.1 Å². The van der Waals surface area contributed by atoms with Crippen molar-refractivity contribution >= 4 is 34.3 Å². The number of nitrogens with one attached hydrogen (secondary N) is 1. The molecule has 2 saturated heterocycles. The summed E-state index contributed by atoms with van der Waals surface area (Å²) in [5.41, 5.74) is 9.01. The summed E-state index contributed by atoms with van der Waals surface area (Å²) in [5.74, 6) is 0.903. The van der Waals surface area contributed by atoms with E-state index in [9.17, 15) is 4.79 Å². The Bertz CT molecular complexity index is 1330. The molecule has 2 aliphatic heterocycles. The van der Waals surface area contributed by atoms with Crippen molar-refractivity contribution < 1.29 is 9.53 Å². The number of amides is 1. The summed E-state index contributed by atoms with van der Waals surface area (Å²) in [6.07, 6.45) is 4.34. The number of hydrazone groups is 1. The Kier molecular flexibility index (Phi) is 5.25. The normalized spacial score (nSPS) is 24.6. The van der Waals surface area contributed by atoms with Crippen molar-refractivity contribution in [2.45, 2.75) is 44.7 Å². The lowest BCUT2D eigenvalue weighted by molar-refractivity contribution is -0.128. The van der Waals surface area contributed by atoms with E-state index in [1.807, 2.05) is 37.3 Å². The predicted molar refractivity (Wildman–Crippen MR) is 136 cm³/mol. The second-order valence-electron chi connectivity index (χ2n) is 9.90. The van der Waals surface area contributed by atoms with Gasteiger partial charge in [0.25, 0.3) is 0 Å². The smallest absolute Gasteiger partial charge is 0.222 e. The Morgan fingerprint density at radius 2 is 2.09 bits per heavy atom. The van der Waals surface area contributed by atoms with Gasteiger partial charge in [0.15, 0.2) is 11.5 Å². The van der Waals surface area contributed by atoms with E-state index in [-0.39, 0.29) is 17.5 Å². The molecule has 3 fully saturated rings. The van der Waals surface area contributed by atoms with E-state index in [4.69, 9.17) is 14.7 Å². The summed E-state index contributed by atoms with van der Waals surface area (Å²) in [5, 5.41) is 4.64. The highest BCUT2D eigenvalue weighted by molar-refractivity contribution is 5.99. The van der Waals surface area contributed by atoms with Gasteiger partial charge in [0.2, 0.25) is 5.91 Å². The maximum Gasteiger partial charge on any atom is 0.222 e. The third-order valence-electron chi connectivity index (χ3n) is 7.79. The van der Waals surface area contributed by atoms with Gasteiger partial charge in [-0.3, -0.25) is 10.2 Å². The van der Waals surface area contributed by atoms with Gasteiger partial charge >= 0.3 is 0 Å². The van der Waals surface area contributed by atoms with Crippen LogP contribution in [0, 0.1) is 6.92 Å². The third-order valence-corrected chi connectivity index (χ3v) is 7.79. The zero-order valence-electron chi connectivity index (χ0n) is 20.5. The van der Waals surface area contributed by atoms with Gasteiger partial charge in [-0.25, -0.2) is 9.97 Å². The van der Waals surface area contributed by atoms with Crippen LogP contribution < -0.4 is 10.3 Å². The fourth-order valence-electron chi connectivity index (χ4n) is 5.57. The van der Waals surface area contributed by atoms with Crippen LogP contribution in [0.3, 0.4) is 0 Å². The minimum atomic E-state index is -0.102. The Morgan fingerprint density at radius 3 is 2.83 bits per heavy atom. The number of nitrogens with zero attached hydrogens (tertiary/aromatic N) is 6. The van der Waals surface area contributed by atoms with Crippen LogP contribution in [0.25, 0.3) is 11.2 Å². The molecule has 182 valence electrons. The fraction of sp³-hybridized carbons (Fsp3) is 0.462. The largest absolute Gasteiger partial charge is 0.378 e. The molecule has 0 bridgehead atoms. The number of aryl methyl sites for hydroxylation is 1. The molecule has 1 spiro atoms. The Hall–Kier alpha value is -3.46. The number of imidazole rings is 1. The van der Waals surface area contributed by atoms with Gasteiger partial charge in [-0.1, -0.05) is 29.8 Å². The highest BCUT2D eigenvalue weighted by Crippen LogP contribution is 2.58. The second-order valence-corrected chi connectivity index (χ2v) is 9.90. The number of carbonyl (C=O) groups excluding carboxylic acids is 1. The van der Waals surface area contributed by atoms with E-state index in [2.05, 4.69) is 45.1 Å². The van der Waals surface area contributed by atoms with Crippen LogP contribution >= 0.6 is 0 Å². The van der Waals surface area contributed by atoms with Gasteiger partial charge in [-0.2, -0.15) is 5.10 Å². The number of benzene rings is 1. The molecule has 1 N–H and O–H groups in total. The lowest BCUT2D eigenvalue weighted by atomic mass is 10.1. The molecule has 6 rings (SSSR count). The molecule has 9 heteroatoms. The molecule has 3 aliphatic rings. The van der Waals surface area contributed by atoms with E-state index >= 15 is 0 Å². The number of anilines is 2. The number of hydrogen-bond acceptors (Lipinski definition) is 7. The first-order valence-electron chi connectivity index (χ1n) is 12.3. The molecular formula is C26H31N7O2. The second kappa shape index (κ2) is 8.34. The molecule has 4 heterocycles. The first-order valence-corrected chi connectivity index (χ1v) is 12.3. The van der Waals surface area contributed by atoms with Gasteiger partial charge in [0.1, 0.15) is 5.52 Å². The summed E-state index contributed by atoms with van der Waals surface area (Å²) < 4.78 is 7.75. The van der Waals surface area contributed by atoms with E-state index in [1.165, 1.54) is 5.56 Å². The van der Waals surface area contributed by atoms with E-state index in [0.29, 0.717) is 25.5 Å². The summed E-state index contributed by atoms with van der Waals surface area (Å²) in [6.45, 7) is 7.07. The van der Waals surface area contributed by atoms with Crippen LogP contribution in [-0.4, -0.2) is 69.9 Å². The maximum absolute atomic E-state index is 12.3. The molecule has 1 saturated carbocycles. The van der Waals surface area contributed by atoms with Gasteiger partial charge in [-0.15, -0.1) is 0 Å². The number of ether oxygens (including phenoxy) is 1. The lowest BCUT2D eigenvalue weighted by Gasteiger charge is -2.29. The average Bonchev–Trinajstić information content (AvgIpc) is 3.35. The number of likely N-dealkylation sites (tertiary alicyclic amines) is 1. The Morgan fingerprint density at radius 1 is 1.26 bits per heavy atom. The highest BCUT2D eigenvalue weighted by Gasteiger charge is 2.62. The van der Waals surface area contributed by atoms with E-state index < -0.39 is 0 Å². The highest BCUT2D eigenvalue weighted by atomic mass is 16.5. The minimum Gasteiger partial charge on any atom is -0.378 e. The molecule has 1 aromatic carbocycles. The van der Waals surface area contributed by atoms with Crippen LogP contribution in [0.5, 0.6) is 0 Å². The fourth-order valence-corrected chi connectivity index (χ4v) is 5.57. The number of likely N-dealkylation sites (N-methyl/N-ethyl adjacent to an activating group) is 1. The summed E-state index contributed by atoms with van der Waals surface area (Å²) in [6, 6.07) is 10.5. The number of morpholine rings is 1. The van der Waals surface area contributed by atoms with Crippen molar-refractivity contribution in [3.05, 3.63) is 47.8 Å². The molecule has 0 radical (unpaired) electrons. The van der Waals surface area contributed by atoms with Crippen LogP contribution in [0.15, 0.2) is 41.8 Å². The van der Waals surface area contributed by atoms with Crippen molar-refractivity contribution in [1.29, 1.82) is 0 Å². The minimum absolute atomic E-state index is 0.102. The summed E-state index contributed by atoms with van der Waals surface area (Å²) >= 11 is 0. The van der Waals surface area contributed by atoms with E-state index in [1.54, 1.807) is 0 Å². The van der Waals surface area contributed by atoms with Crippen molar-refractivity contribution in [3.8, 4) is 0 Å². The molecule has 1 amide bonds. The topological polar surface area (TPSA) is 87.9 Å².